The predicted molar refractivity (Wildman–Crippen MR) is 98.8 cm³/mol. The predicted octanol–water partition coefficient (Wildman–Crippen LogP) is 4.77. The summed E-state index contributed by atoms with van der Waals surface area (Å²) in [5, 5.41) is 12.8. The van der Waals surface area contributed by atoms with Crippen LogP contribution in [0.2, 0.25) is 5.02 Å². The first kappa shape index (κ1) is 18.9. The first-order chi connectivity index (χ1) is 12.0. The number of rotatable bonds is 9. The summed E-state index contributed by atoms with van der Waals surface area (Å²) in [6.45, 7) is 2.39. The first-order valence-electron chi connectivity index (χ1n) is 8.03. The van der Waals surface area contributed by atoms with Crippen molar-refractivity contribution in [2.24, 2.45) is 0 Å². The van der Waals surface area contributed by atoms with E-state index in [9.17, 15) is 4.79 Å². The Hall–Kier alpha value is -2.40. The van der Waals surface area contributed by atoms with Crippen molar-refractivity contribution >= 4 is 23.3 Å². The number of methoxy groups -OCH3 is 1. The van der Waals surface area contributed by atoms with Crippen LogP contribution in [0.3, 0.4) is 0 Å². The van der Waals surface area contributed by atoms with Crippen molar-refractivity contribution in [1.29, 1.82) is 0 Å². The van der Waals surface area contributed by atoms with Crippen LogP contribution in [-0.4, -0.2) is 24.8 Å². The molecule has 1 unspecified atom stereocenters. The van der Waals surface area contributed by atoms with Gasteiger partial charge in [-0.15, -0.1) is 0 Å². The van der Waals surface area contributed by atoms with Gasteiger partial charge in [0.05, 0.1) is 13.7 Å². The van der Waals surface area contributed by atoms with Gasteiger partial charge in [0.2, 0.25) is 0 Å². The minimum absolute atomic E-state index is 0.0734. The number of carboxylic acid groups (broad SMARTS) is 1. The largest absolute Gasteiger partial charge is 0.497 e. The van der Waals surface area contributed by atoms with E-state index in [1.807, 2.05) is 36.4 Å². The van der Waals surface area contributed by atoms with Crippen LogP contribution in [0.15, 0.2) is 42.5 Å². The van der Waals surface area contributed by atoms with E-state index >= 15 is 0 Å². The van der Waals surface area contributed by atoms with Crippen LogP contribution in [0.4, 0.5) is 5.69 Å². The Kier molecular flexibility index (Phi) is 6.95. The lowest BCUT2D eigenvalue weighted by molar-refractivity contribution is -0.137. The third kappa shape index (κ3) is 6.19. The molecule has 0 saturated heterocycles. The van der Waals surface area contributed by atoms with Gasteiger partial charge in [-0.25, -0.2) is 0 Å². The maximum Gasteiger partial charge on any atom is 0.303 e. The van der Waals surface area contributed by atoms with E-state index in [4.69, 9.17) is 26.2 Å². The highest BCUT2D eigenvalue weighted by Gasteiger charge is 2.08. The zero-order valence-electron chi connectivity index (χ0n) is 14.3. The second kappa shape index (κ2) is 9.18. The monoisotopic (exact) mass is 363 g/mol. The molecule has 134 valence electrons. The molecule has 0 aliphatic carbocycles. The molecule has 2 rings (SSSR count). The van der Waals surface area contributed by atoms with E-state index in [2.05, 4.69) is 12.2 Å². The van der Waals surface area contributed by atoms with Crippen LogP contribution in [-0.2, 0) is 4.79 Å². The van der Waals surface area contributed by atoms with Gasteiger partial charge in [0.1, 0.15) is 11.5 Å². The van der Waals surface area contributed by atoms with Gasteiger partial charge in [-0.05, 0) is 31.0 Å². The normalized spacial score (nSPS) is 11.6. The van der Waals surface area contributed by atoms with Crippen molar-refractivity contribution in [1.82, 2.24) is 0 Å². The van der Waals surface area contributed by atoms with Gasteiger partial charge in [-0.1, -0.05) is 23.7 Å². The molecule has 5 nitrogen and oxygen atoms in total. The van der Waals surface area contributed by atoms with E-state index in [0.717, 1.165) is 11.3 Å². The average molecular weight is 364 g/mol. The van der Waals surface area contributed by atoms with E-state index < -0.39 is 5.97 Å². The molecule has 2 N–H and O–H groups in total. The third-order valence-corrected chi connectivity index (χ3v) is 3.92. The average Bonchev–Trinajstić information content (AvgIpc) is 2.59. The maximum absolute atomic E-state index is 10.5. The zero-order chi connectivity index (χ0) is 18.2. The molecule has 0 saturated carbocycles. The van der Waals surface area contributed by atoms with Crippen LogP contribution in [0.25, 0.3) is 0 Å². The van der Waals surface area contributed by atoms with Gasteiger partial charge in [-0.3, -0.25) is 4.79 Å². The zero-order valence-corrected chi connectivity index (χ0v) is 15.0. The molecule has 0 radical (unpaired) electrons. The van der Waals surface area contributed by atoms with Crippen molar-refractivity contribution in [3.63, 3.8) is 0 Å². The molecule has 0 aromatic heterocycles. The Morgan fingerprint density at radius 1 is 1.20 bits per heavy atom. The van der Waals surface area contributed by atoms with Gasteiger partial charge in [0.15, 0.2) is 0 Å². The van der Waals surface area contributed by atoms with E-state index in [1.54, 1.807) is 13.2 Å². The summed E-state index contributed by atoms with van der Waals surface area (Å²) in [5.41, 5.74) is 1.96. The number of halogens is 1. The van der Waals surface area contributed by atoms with Crippen molar-refractivity contribution < 1.29 is 19.4 Å². The quantitative estimate of drug-likeness (QED) is 0.628. The second-order valence-electron chi connectivity index (χ2n) is 5.66. The SMILES string of the molecule is COc1cc(NC(C)c2ccc(Cl)cc2)cc(OCCCC(=O)O)c1. The highest BCUT2D eigenvalue weighted by Crippen LogP contribution is 2.29. The first-order valence-corrected chi connectivity index (χ1v) is 8.41. The minimum atomic E-state index is -0.826. The fraction of sp³-hybridized carbons (Fsp3) is 0.316. The molecule has 1 atom stereocenters. The van der Waals surface area contributed by atoms with Crippen LogP contribution in [0.5, 0.6) is 11.5 Å². The van der Waals surface area contributed by atoms with E-state index in [-0.39, 0.29) is 12.5 Å². The highest BCUT2D eigenvalue weighted by molar-refractivity contribution is 6.30. The van der Waals surface area contributed by atoms with Gasteiger partial charge in [0.25, 0.3) is 0 Å². The molecule has 0 heterocycles. The number of nitrogens with one attached hydrogen (secondary N) is 1. The number of anilines is 1. The maximum atomic E-state index is 10.5. The Morgan fingerprint density at radius 3 is 2.52 bits per heavy atom. The van der Waals surface area contributed by atoms with Crippen LogP contribution >= 0.6 is 11.6 Å². The summed E-state index contributed by atoms with van der Waals surface area (Å²) in [6, 6.07) is 13.3. The number of hydrogen-bond donors (Lipinski definition) is 2. The molecule has 25 heavy (non-hydrogen) atoms. The standard InChI is InChI=1S/C19H22ClNO4/c1-13(14-5-7-15(20)8-6-14)21-16-10-17(24-2)12-18(11-16)25-9-3-4-19(22)23/h5-8,10-13,21H,3-4,9H2,1-2H3,(H,22,23). The molecule has 0 amide bonds. The summed E-state index contributed by atoms with van der Waals surface area (Å²) in [4.78, 5) is 10.5. The molecule has 2 aromatic rings. The van der Waals surface area contributed by atoms with Crippen molar-refractivity contribution in [2.75, 3.05) is 19.0 Å². The molecular formula is C19H22ClNO4. The number of hydrogen-bond acceptors (Lipinski definition) is 4. The van der Waals surface area contributed by atoms with Crippen LogP contribution in [0.1, 0.15) is 31.4 Å². The summed E-state index contributed by atoms with van der Waals surface area (Å²) in [5.74, 6) is 0.477. The number of ether oxygens (including phenoxy) is 2. The molecule has 6 heteroatoms. The van der Waals surface area contributed by atoms with Crippen LogP contribution < -0.4 is 14.8 Å². The third-order valence-electron chi connectivity index (χ3n) is 3.67. The Bertz CT molecular complexity index is 703. The second-order valence-corrected chi connectivity index (χ2v) is 6.10. The fourth-order valence-electron chi connectivity index (χ4n) is 2.35. The molecule has 0 aliphatic heterocycles. The molecule has 0 spiro atoms. The Balaban J connectivity index is 2.04. The van der Waals surface area contributed by atoms with E-state index in [1.165, 1.54) is 0 Å². The Labute approximate surface area is 152 Å². The van der Waals surface area contributed by atoms with Crippen molar-refractivity contribution in [3.05, 3.63) is 53.1 Å². The van der Waals surface area contributed by atoms with Crippen LogP contribution in [0, 0.1) is 0 Å². The molecular weight excluding hydrogens is 342 g/mol. The van der Waals surface area contributed by atoms with Gasteiger partial charge in [0, 0.05) is 41.4 Å². The van der Waals surface area contributed by atoms with E-state index in [0.29, 0.717) is 29.5 Å². The number of benzene rings is 2. The highest BCUT2D eigenvalue weighted by atomic mass is 35.5. The van der Waals surface area contributed by atoms with Gasteiger partial charge in [-0.2, -0.15) is 0 Å². The molecule has 0 bridgehead atoms. The van der Waals surface area contributed by atoms with Crippen molar-refractivity contribution in [2.45, 2.75) is 25.8 Å². The lowest BCUT2D eigenvalue weighted by atomic mass is 10.1. The summed E-state index contributed by atoms with van der Waals surface area (Å²) in [7, 11) is 1.59. The minimum Gasteiger partial charge on any atom is -0.497 e. The molecule has 2 aromatic carbocycles. The fourth-order valence-corrected chi connectivity index (χ4v) is 2.48. The summed E-state index contributed by atoms with van der Waals surface area (Å²) < 4.78 is 11.0. The number of aliphatic carboxylic acids is 1. The summed E-state index contributed by atoms with van der Waals surface area (Å²) >= 11 is 5.93. The number of carbonyl (C=O) groups is 1. The summed E-state index contributed by atoms with van der Waals surface area (Å²) in [6.07, 6.45) is 0.541. The molecule has 0 fully saturated rings. The Morgan fingerprint density at radius 2 is 1.88 bits per heavy atom. The lowest BCUT2D eigenvalue weighted by Crippen LogP contribution is -2.07. The lowest BCUT2D eigenvalue weighted by Gasteiger charge is -2.18. The molecule has 0 aliphatic rings. The van der Waals surface area contributed by atoms with Crippen molar-refractivity contribution in [3.8, 4) is 11.5 Å². The smallest absolute Gasteiger partial charge is 0.303 e. The van der Waals surface area contributed by atoms with Gasteiger partial charge >= 0.3 is 5.97 Å². The topological polar surface area (TPSA) is 67.8 Å². The number of carboxylic acids is 1. The van der Waals surface area contributed by atoms with Gasteiger partial charge < -0.3 is 19.9 Å².